The normalized spacial score (nSPS) is 16.2. The van der Waals surface area contributed by atoms with Crippen LogP contribution in [-0.4, -0.2) is 19.6 Å². The van der Waals surface area contributed by atoms with Crippen LogP contribution in [0.25, 0.3) is 0 Å². The SMILES string of the molecule is Cc1ccc(C(CCCN)c2ccc(N3CCCCC3)cc2)cc1. The van der Waals surface area contributed by atoms with E-state index in [1.165, 1.54) is 54.7 Å². The molecule has 2 aromatic carbocycles. The largest absolute Gasteiger partial charge is 0.372 e. The number of benzene rings is 2. The molecule has 0 saturated carbocycles. The van der Waals surface area contributed by atoms with Crippen molar-refractivity contribution in [3.05, 3.63) is 65.2 Å². The monoisotopic (exact) mass is 322 g/mol. The molecule has 1 atom stereocenters. The number of aryl methyl sites for hydroxylation is 1. The van der Waals surface area contributed by atoms with E-state index < -0.39 is 0 Å². The maximum Gasteiger partial charge on any atom is 0.0366 e. The molecule has 0 bridgehead atoms. The van der Waals surface area contributed by atoms with E-state index in [4.69, 9.17) is 5.73 Å². The van der Waals surface area contributed by atoms with Gasteiger partial charge in [0, 0.05) is 24.7 Å². The molecule has 0 radical (unpaired) electrons. The molecule has 1 aliphatic heterocycles. The second-order valence-corrected chi connectivity index (χ2v) is 7.03. The zero-order valence-electron chi connectivity index (χ0n) is 14.9. The number of anilines is 1. The Labute approximate surface area is 146 Å². The number of piperidine rings is 1. The fraction of sp³-hybridized carbons (Fsp3) is 0.455. The van der Waals surface area contributed by atoms with Crippen molar-refractivity contribution in [1.82, 2.24) is 0 Å². The van der Waals surface area contributed by atoms with E-state index in [0.29, 0.717) is 5.92 Å². The van der Waals surface area contributed by atoms with Crippen LogP contribution in [0.5, 0.6) is 0 Å². The van der Waals surface area contributed by atoms with Gasteiger partial charge >= 0.3 is 0 Å². The van der Waals surface area contributed by atoms with Crippen LogP contribution in [0.15, 0.2) is 48.5 Å². The molecule has 24 heavy (non-hydrogen) atoms. The van der Waals surface area contributed by atoms with E-state index in [1.807, 2.05) is 0 Å². The first-order valence-electron chi connectivity index (χ1n) is 9.39. The van der Waals surface area contributed by atoms with Crippen LogP contribution in [0.2, 0.25) is 0 Å². The molecule has 0 aromatic heterocycles. The van der Waals surface area contributed by atoms with Crippen LogP contribution in [0.4, 0.5) is 5.69 Å². The highest BCUT2D eigenvalue weighted by molar-refractivity contribution is 5.49. The first-order valence-corrected chi connectivity index (χ1v) is 9.39. The molecule has 2 heteroatoms. The van der Waals surface area contributed by atoms with Gasteiger partial charge in [0.05, 0.1) is 0 Å². The second-order valence-electron chi connectivity index (χ2n) is 7.03. The van der Waals surface area contributed by atoms with Gasteiger partial charge in [0.15, 0.2) is 0 Å². The summed E-state index contributed by atoms with van der Waals surface area (Å²) in [6, 6.07) is 18.2. The van der Waals surface area contributed by atoms with E-state index in [-0.39, 0.29) is 0 Å². The molecular weight excluding hydrogens is 292 g/mol. The Morgan fingerprint density at radius 2 is 1.46 bits per heavy atom. The Hall–Kier alpha value is -1.80. The zero-order valence-corrected chi connectivity index (χ0v) is 14.9. The molecule has 2 aromatic rings. The molecule has 1 unspecified atom stereocenters. The van der Waals surface area contributed by atoms with E-state index in [1.54, 1.807) is 0 Å². The van der Waals surface area contributed by atoms with Gasteiger partial charge in [-0.2, -0.15) is 0 Å². The van der Waals surface area contributed by atoms with Gasteiger partial charge in [-0.3, -0.25) is 0 Å². The maximum absolute atomic E-state index is 5.77. The Kier molecular flexibility index (Phi) is 5.92. The van der Waals surface area contributed by atoms with Crippen LogP contribution in [0, 0.1) is 6.92 Å². The molecule has 128 valence electrons. The van der Waals surface area contributed by atoms with Gasteiger partial charge in [-0.15, -0.1) is 0 Å². The van der Waals surface area contributed by atoms with Crippen molar-refractivity contribution < 1.29 is 0 Å². The van der Waals surface area contributed by atoms with Crippen molar-refractivity contribution in [2.75, 3.05) is 24.5 Å². The lowest BCUT2D eigenvalue weighted by atomic mass is 9.87. The molecule has 0 aliphatic carbocycles. The molecular formula is C22H30N2. The minimum atomic E-state index is 0.449. The summed E-state index contributed by atoms with van der Waals surface area (Å²) in [6.07, 6.45) is 6.20. The second kappa shape index (κ2) is 8.34. The summed E-state index contributed by atoms with van der Waals surface area (Å²) in [6.45, 7) is 5.31. The zero-order chi connectivity index (χ0) is 16.8. The summed E-state index contributed by atoms with van der Waals surface area (Å²) in [5, 5.41) is 0. The first-order chi connectivity index (χ1) is 11.8. The van der Waals surface area contributed by atoms with Crippen molar-refractivity contribution in [2.24, 2.45) is 5.73 Å². The minimum Gasteiger partial charge on any atom is -0.372 e. The van der Waals surface area contributed by atoms with Gasteiger partial charge < -0.3 is 10.6 Å². The smallest absolute Gasteiger partial charge is 0.0366 e. The summed E-state index contributed by atoms with van der Waals surface area (Å²) in [5.74, 6) is 0.449. The quantitative estimate of drug-likeness (QED) is 0.823. The standard InChI is InChI=1S/C22H30N2/c1-18-7-9-19(10-8-18)22(6-5-15-23)20-11-13-21(14-12-20)24-16-3-2-4-17-24/h7-14,22H,2-6,15-17,23H2,1H3. The summed E-state index contributed by atoms with van der Waals surface area (Å²) in [4.78, 5) is 2.52. The molecule has 0 spiro atoms. The molecule has 0 amide bonds. The minimum absolute atomic E-state index is 0.449. The summed E-state index contributed by atoms with van der Waals surface area (Å²) < 4.78 is 0. The van der Waals surface area contributed by atoms with Crippen LogP contribution >= 0.6 is 0 Å². The number of hydrogen-bond donors (Lipinski definition) is 1. The van der Waals surface area contributed by atoms with Crippen LogP contribution in [0.3, 0.4) is 0 Å². The van der Waals surface area contributed by atoms with Crippen molar-refractivity contribution in [2.45, 2.75) is 44.9 Å². The summed E-state index contributed by atoms with van der Waals surface area (Å²) in [5.41, 5.74) is 11.3. The Balaban J connectivity index is 1.80. The lowest BCUT2D eigenvalue weighted by molar-refractivity contribution is 0.577. The highest BCUT2D eigenvalue weighted by Gasteiger charge is 2.15. The third kappa shape index (κ3) is 4.18. The number of nitrogens with two attached hydrogens (primary N) is 1. The van der Waals surface area contributed by atoms with Crippen molar-refractivity contribution in [3.8, 4) is 0 Å². The van der Waals surface area contributed by atoms with Gasteiger partial charge in [0.25, 0.3) is 0 Å². The Morgan fingerprint density at radius 1 is 0.875 bits per heavy atom. The lowest BCUT2D eigenvalue weighted by Gasteiger charge is -2.29. The van der Waals surface area contributed by atoms with E-state index in [9.17, 15) is 0 Å². The molecule has 1 fully saturated rings. The molecule has 1 heterocycles. The molecule has 2 N–H and O–H groups in total. The van der Waals surface area contributed by atoms with E-state index >= 15 is 0 Å². The predicted molar refractivity (Wildman–Crippen MR) is 104 cm³/mol. The predicted octanol–water partition coefficient (Wildman–Crippen LogP) is 4.86. The number of hydrogen-bond acceptors (Lipinski definition) is 2. The Morgan fingerprint density at radius 3 is 2.04 bits per heavy atom. The summed E-state index contributed by atoms with van der Waals surface area (Å²) in [7, 11) is 0. The topological polar surface area (TPSA) is 29.3 Å². The molecule has 1 saturated heterocycles. The van der Waals surface area contributed by atoms with Crippen LogP contribution in [0.1, 0.15) is 54.7 Å². The van der Waals surface area contributed by atoms with Crippen LogP contribution < -0.4 is 10.6 Å². The van der Waals surface area contributed by atoms with Crippen molar-refractivity contribution >= 4 is 5.69 Å². The van der Waals surface area contributed by atoms with E-state index in [0.717, 1.165) is 19.4 Å². The Bertz CT molecular complexity index is 609. The average molecular weight is 322 g/mol. The molecule has 2 nitrogen and oxygen atoms in total. The average Bonchev–Trinajstić information content (AvgIpc) is 2.65. The maximum atomic E-state index is 5.77. The third-order valence-corrected chi connectivity index (χ3v) is 5.19. The fourth-order valence-corrected chi connectivity index (χ4v) is 3.72. The van der Waals surface area contributed by atoms with Gasteiger partial charge in [0.1, 0.15) is 0 Å². The lowest BCUT2D eigenvalue weighted by Crippen LogP contribution is -2.29. The van der Waals surface area contributed by atoms with Gasteiger partial charge in [-0.25, -0.2) is 0 Å². The fourth-order valence-electron chi connectivity index (χ4n) is 3.72. The number of nitrogens with zero attached hydrogens (tertiary/aromatic N) is 1. The highest BCUT2D eigenvalue weighted by Crippen LogP contribution is 2.31. The number of rotatable bonds is 6. The highest BCUT2D eigenvalue weighted by atomic mass is 15.1. The molecule has 3 rings (SSSR count). The van der Waals surface area contributed by atoms with E-state index in [2.05, 4.69) is 60.4 Å². The van der Waals surface area contributed by atoms with Crippen molar-refractivity contribution in [1.29, 1.82) is 0 Å². The van der Waals surface area contributed by atoms with Crippen LogP contribution in [-0.2, 0) is 0 Å². The van der Waals surface area contributed by atoms with Gasteiger partial charge in [-0.05, 0) is 68.8 Å². The molecule has 1 aliphatic rings. The summed E-state index contributed by atoms with van der Waals surface area (Å²) >= 11 is 0. The first kappa shape index (κ1) is 17.0. The van der Waals surface area contributed by atoms with Crippen molar-refractivity contribution in [3.63, 3.8) is 0 Å². The van der Waals surface area contributed by atoms with Gasteiger partial charge in [-0.1, -0.05) is 42.0 Å². The van der Waals surface area contributed by atoms with Gasteiger partial charge in [0.2, 0.25) is 0 Å². The third-order valence-electron chi connectivity index (χ3n) is 5.19.